The quantitative estimate of drug-likeness (QED) is 0.526. The third-order valence-corrected chi connectivity index (χ3v) is 9.66. The maximum atomic E-state index is 13.7. The Morgan fingerprint density at radius 1 is 0.971 bits per heavy atom. The van der Waals surface area contributed by atoms with Crippen LogP contribution in [0.4, 0.5) is 0 Å². The van der Waals surface area contributed by atoms with E-state index in [1.54, 1.807) is 10.9 Å². The first-order valence-electron chi connectivity index (χ1n) is 13.6. The van der Waals surface area contributed by atoms with Gasteiger partial charge >= 0.3 is 5.97 Å². The molecule has 4 bridgehead atoms. The summed E-state index contributed by atoms with van der Waals surface area (Å²) in [5, 5.41) is 11.8. The van der Waals surface area contributed by atoms with Crippen molar-refractivity contribution in [3.63, 3.8) is 0 Å². The van der Waals surface area contributed by atoms with Gasteiger partial charge in [0.2, 0.25) is 5.91 Å². The zero-order valence-corrected chi connectivity index (χ0v) is 20.4. The summed E-state index contributed by atoms with van der Waals surface area (Å²) in [6.45, 7) is 0.805. The minimum atomic E-state index is -0.468. The van der Waals surface area contributed by atoms with Gasteiger partial charge in [-0.3, -0.25) is 9.69 Å². The number of carbonyl (C=O) groups excluding carboxylic acids is 2. The minimum Gasteiger partial charge on any atom is -0.464 e. The molecule has 0 aromatic carbocycles. The van der Waals surface area contributed by atoms with Gasteiger partial charge < -0.3 is 10.1 Å². The van der Waals surface area contributed by atoms with Crippen LogP contribution in [-0.2, 0) is 9.53 Å². The van der Waals surface area contributed by atoms with Gasteiger partial charge in [-0.05, 0) is 75.0 Å². The lowest BCUT2D eigenvalue weighted by Crippen LogP contribution is -2.59. The van der Waals surface area contributed by atoms with Gasteiger partial charge in [-0.25, -0.2) is 9.48 Å². The maximum Gasteiger partial charge on any atom is 0.360 e. The second-order valence-corrected chi connectivity index (χ2v) is 11.8. The van der Waals surface area contributed by atoms with Crippen LogP contribution in [0.3, 0.4) is 0 Å². The van der Waals surface area contributed by atoms with Crippen molar-refractivity contribution in [2.24, 2.45) is 23.7 Å². The summed E-state index contributed by atoms with van der Waals surface area (Å²) in [6, 6.07) is 0.743. The first-order valence-corrected chi connectivity index (χ1v) is 13.6. The van der Waals surface area contributed by atoms with Crippen LogP contribution in [0, 0.1) is 23.7 Å². The highest BCUT2D eigenvalue weighted by Gasteiger charge is 2.54. The Hall–Kier alpha value is -1.96. The average molecular weight is 470 g/mol. The third kappa shape index (κ3) is 4.16. The molecule has 0 radical (unpaired) electrons. The number of hydrogen-bond donors (Lipinski definition) is 1. The van der Waals surface area contributed by atoms with E-state index in [0.717, 1.165) is 49.5 Å². The van der Waals surface area contributed by atoms with Crippen molar-refractivity contribution in [1.29, 1.82) is 0 Å². The summed E-state index contributed by atoms with van der Waals surface area (Å²) in [6.07, 6.45) is 16.4. The predicted molar refractivity (Wildman–Crippen MR) is 126 cm³/mol. The Labute approximate surface area is 202 Å². The molecule has 7 rings (SSSR count). The fourth-order valence-corrected chi connectivity index (χ4v) is 8.43. The van der Waals surface area contributed by atoms with Crippen LogP contribution in [0.5, 0.6) is 0 Å². The fourth-order valence-electron chi connectivity index (χ4n) is 8.43. The van der Waals surface area contributed by atoms with E-state index in [0.29, 0.717) is 12.1 Å². The van der Waals surface area contributed by atoms with Crippen molar-refractivity contribution < 1.29 is 14.3 Å². The van der Waals surface area contributed by atoms with Gasteiger partial charge in [0.05, 0.1) is 25.4 Å². The molecular formula is C26H39N5O3. The van der Waals surface area contributed by atoms with Crippen LogP contribution >= 0.6 is 0 Å². The molecule has 0 unspecified atom stereocenters. The number of nitrogens with zero attached hydrogens (tertiary/aromatic N) is 4. The van der Waals surface area contributed by atoms with E-state index in [1.165, 1.54) is 64.9 Å². The molecule has 8 nitrogen and oxygen atoms in total. The van der Waals surface area contributed by atoms with Crippen LogP contribution in [0.1, 0.15) is 93.6 Å². The number of likely N-dealkylation sites (tertiary alicyclic amines) is 1. The molecule has 6 aliphatic rings. The zero-order valence-electron chi connectivity index (χ0n) is 20.4. The molecule has 0 spiro atoms. The van der Waals surface area contributed by atoms with E-state index < -0.39 is 5.97 Å². The SMILES string of the molecule is COC(=O)c1cn([C@H]2C[C@@H](C(=O)NC3CCCCCC3)N(C3C4CC5CC(C4)CC3C5)C2)nn1. The standard InChI is InChI=1S/C26H39N5O3/c1-34-26(33)22-15-31(29-28-22)21-13-23(25(32)27-20-6-4-2-3-5-7-20)30(14-21)24-18-9-16-8-17(11-18)12-19(24)10-16/h15-21,23-24H,2-14H2,1H3,(H,27,32)/t16?,17?,18?,19?,21-,23-,24?/m0/s1. The van der Waals surface area contributed by atoms with Crippen LogP contribution < -0.4 is 5.32 Å². The molecule has 5 saturated carbocycles. The predicted octanol–water partition coefficient (Wildman–Crippen LogP) is 3.34. The van der Waals surface area contributed by atoms with Crippen molar-refractivity contribution in [3.8, 4) is 0 Å². The number of rotatable bonds is 5. The van der Waals surface area contributed by atoms with Crippen LogP contribution in [-0.4, -0.2) is 63.6 Å². The number of esters is 1. The van der Waals surface area contributed by atoms with E-state index in [4.69, 9.17) is 4.74 Å². The number of hydrogen-bond acceptors (Lipinski definition) is 6. The molecule has 1 aromatic rings. The van der Waals surface area contributed by atoms with Crippen LogP contribution in [0.25, 0.3) is 0 Å². The van der Waals surface area contributed by atoms with Crippen molar-refractivity contribution in [3.05, 3.63) is 11.9 Å². The Kier molecular flexibility index (Phi) is 6.12. The van der Waals surface area contributed by atoms with Gasteiger partial charge in [-0.2, -0.15) is 0 Å². The van der Waals surface area contributed by atoms with E-state index in [2.05, 4.69) is 20.5 Å². The normalized spacial score (nSPS) is 38.1. The summed E-state index contributed by atoms with van der Waals surface area (Å²) in [5.74, 6) is 3.01. The van der Waals surface area contributed by atoms with Crippen molar-refractivity contribution in [1.82, 2.24) is 25.2 Å². The highest BCUT2D eigenvalue weighted by Crippen LogP contribution is 2.56. The molecule has 1 aliphatic heterocycles. The van der Waals surface area contributed by atoms with Crippen LogP contribution in [0.15, 0.2) is 6.20 Å². The fraction of sp³-hybridized carbons (Fsp3) is 0.846. The van der Waals surface area contributed by atoms with Crippen molar-refractivity contribution >= 4 is 11.9 Å². The average Bonchev–Trinajstić information content (AvgIpc) is 3.40. The van der Waals surface area contributed by atoms with E-state index in [9.17, 15) is 9.59 Å². The zero-order chi connectivity index (χ0) is 23.2. The van der Waals surface area contributed by atoms with Crippen molar-refractivity contribution in [2.75, 3.05) is 13.7 Å². The maximum absolute atomic E-state index is 13.7. The van der Waals surface area contributed by atoms with Gasteiger partial charge in [0.1, 0.15) is 0 Å². The molecule has 5 aliphatic carbocycles. The topological polar surface area (TPSA) is 89.4 Å². The lowest BCUT2D eigenvalue weighted by Gasteiger charge is -2.57. The van der Waals surface area contributed by atoms with Gasteiger partial charge in [0.15, 0.2) is 5.69 Å². The third-order valence-electron chi connectivity index (χ3n) is 9.66. The Morgan fingerprint density at radius 2 is 1.65 bits per heavy atom. The Balaban J connectivity index is 1.24. The Bertz CT molecular complexity index is 880. The molecule has 1 aromatic heterocycles. The molecule has 8 heteroatoms. The molecular weight excluding hydrogens is 430 g/mol. The molecule has 186 valence electrons. The second kappa shape index (κ2) is 9.25. The van der Waals surface area contributed by atoms with Gasteiger partial charge in [0.25, 0.3) is 0 Å². The molecule has 1 N–H and O–H groups in total. The first kappa shape index (κ1) is 22.5. The molecule has 2 atom stereocenters. The summed E-state index contributed by atoms with van der Waals surface area (Å²) < 4.78 is 6.62. The summed E-state index contributed by atoms with van der Waals surface area (Å²) in [4.78, 5) is 28.2. The lowest BCUT2D eigenvalue weighted by molar-refractivity contribution is -0.131. The van der Waals surface area contributed by atoms with Crippen molar-refractivity contribution in [2.45, 2.75) is 101 Å². The Morgan fingerprint density at radius 3 is 2.29 bits per heavy atom. The molecule has 34 heavy (non-hydrogen) atoms. The highest BCUT2D eigenvalue weighted by molar-refractivity contribution is 5.86. The summed E-state index contributed by atoms with van der Waals surface area (Å²) in [5.41, 5.74) is 0.232. The summed E-state index contributed by atoms with van der Waals surface area (Å²) >= 11 is 0. The number of nitrogens with one attached hydrogen (secondary N) is 1. The van der Waals surface area contributed by atoms with Gasteiger partial charge in [-0.15, -0.1) is 5.10 Å². The van der Waals surface area contributed by atoms with E-state index in [1.807, 2.05) is 0 Å². The van der Waals surface area contributed by atoms with Crippen LogP contribution in [0.2, 0.25) is 0 Å². The van der Waals surface area contributed by atoms with Gasteiger partial charge in [-0.1, -0.05) is 30.9 Å². The molecule has 6 fully saturated rings. The second-order valence-electron chi connectivity index (χ2n) is 11.8. The minimum absolute atomic E-state index is 0.0491. The lowest BCUT2D eigenvalue weighted by atomic mass is 9.54. The largest absolute Gasteiger partial charge is 0.464 e. The number of amides is 1. The smallest absolute Gasteiger partial charge is 0.360 e. The number of ether oxygens (including phenoxy) is 1. The first-order chi connectivity index (χ1) is 16.6. The van der Waals surface area contributed by atoms with Gasteiger partial charge in [0, 0.05) is 18.6 Å². The number of aromatic nitrogens is 3. The van der Waals surface area contributed by atoms with E-state index in [-0.39, 0.29) is 23.7 Å². The van der Waals surface area contributed by atoms with E-state index >= 15 is 0 Å². The molecule has 2 heterocycles. The molecule has 1 amide bonds. The monoisotopic (exact) mass is 469 g/mol. The number of carbonyl (C=O) groups is 2. The summed E-state index contributed by atoms with van der Waals surface area (Å²) in [7, 11) is 1.36. The molecule has 1 saturated heterocycles. The highest BCUT2D eigenvalue weighted by atomic mass is 16.5. The number of methoxy groups -OCH3 is 1.